The fourth-order valence-corrected chi connectivity index (χ4v) is 3.31. The van der Waals surface area contributed by atoms with Gasteiger partial charge in [0.2, 0.25) is 5.91 Å². The van der Waals surface area contributed by atoms with E-state index in [9.17, 15) is 9.18 Å². The number of aromatic nitrogens is 1. The first-order chi connectivity index (χ1) is 11.4. The molecule has 6 heteroatoms. The van der Waals surface area contributed by atoms with Crippen molar-refractivity contribution in [1.29, 1.82) is 0 Å². The largest absolute Gasteiger partial charge is 0.354 e. The van der Waals surface area contributed by atoms with E-state index >= 15 is 0 Å². The minimum atomic E-state index is -0.257. The Balaban J connectivity index is 2.04. The number of halogens is 1. The zero-order valence-corrected chi connectivity index (χ0v) is 14.3. The molecule has 1 aromatic heterocycles. The van der Waals surface area contributed by atoms with Crippen LogP contribution in [0.2, 0.25) is 0 Å². The van der Waals surface area contributed by atoms with Gasteiger partial charge in [-0.05, 0) is 38.5 Å². The third-order valence-corrected chi connectivity index (χ3v) is 4.57. The van der Waals surface area contributed by atoms with E-state index in [2.05, 4.69) is 10.2 Å². The van der Waals surface area contributed by atoms with E-state index in [0.717, 1.165) is 29.7 Å². The highest BCUT2D eigenvalue weighted by Crippen LogP contribution is 2.31. The maximum atomic E-state index is 13.9. The molecule has 5 nitrogen and oxygen atoms in total. The summed E-state index contributed by atoms with van der Waals surface area (Å²) in [4.78, 5) is 18.1. The van der Waals surface area contributed by atoms with Crippen LogP contribution in [-0.4, -0.2) is 30.0 Å². The van der Waals surface area contributed by atoms with Gasteiger partial charge in [0.1, 0.15) is 11.6 Å². The molecule has 0 bridgehead atoms. The number of nitrogens with two attached hydrogens (primary N) is 1. The van der Waals surface area contributed by atoms with Gasteiger partial charge < -0.3 is 16.0 Å². The standard InChI is InChI=1S/C18H23FN4O/c1-10-16(19)5-4-13-8-15(11(2)20)18(22-17(10)13)23-7-6-14(9-23)21-12(3)24/h4-5,8,11,14H,6-7,9,20H2,1-3H3,(H,21,24). The van der Waals surface area contributed by atoms with Crippen LogP contribution >= 0.6 is 0 Å². The predicted molar refractivity (Wildman–Crippen MR) is 93.5 cm³/mol. The van der Waals surface area contributed by atoms with E-state index < -0.39 is 0 Å². The highest BCUT2D eigenvalue weighted by Gasteiger charge is 2.27. The summed E-state index contributed by atoms with van der Waals surface area (Å²) in [6.07, 6.45) is 0.861. The zero-order valence-electron chi connectivity index (χ0n) is 14.3. The van der Waals surface area contributed by atoms with Crippen LogP contribution in [0.4, 0.5) is 10.2 Å². The van der Waals surface area contributed by atoms with Crippen molar-refractivity contribution < 1.29 is 9.18 Å². The Morgan fingerprint density at radius 3 is 2.92 bits per heavy atom. The number of benzene rings is 1. The van der Waals surface area contributed by atoms with Gasteiger partial charge >= 0.3 is 0 Å². The van der Waals surface area contributed by atoms with E-state index in [1.165, 1.54) is 13.0 Å². The first-order valence-corrected chi connectivity index (χ1v) is 8.24. The van der Waals surface area contributed by atoms with Gasteiger partial charge in [-0.2, -0.15) is 0 Å². The molecule has 0 aliphatic carbocycles. The maximum Gasteiger partial charge on any atom is 0.217 e. The number of fused-ring (bicyclic) bond motifs is 1. The lowest BCUT2D eigenvalue weighted by molar-refractivity contribution is -0.119. The average molecular weight is 330 g/mol. The Labute approximate surface area is 141 Å². The van der Waals surface area contributed by atoms with E-state index in [-0.39, 0.29) is 23.8 Å². The molecule has 3 rings (SSSR count). The second kappa shape index (κ2) is 6.36. The van der Waals surface area contributed by atoms with Crippen LogP contribution in [0.1, 0.15) is 37.4 Å². The topological polar surface area (TPSA) is 71.2 Å². The van der Waals surface area contributed by atoms with Crippen molar-refractivity contribution in [1.82, 2.24) is 10.3 Å². The molecule has 24 heavy (non-hydrogen) atoms. The lowest BCUT2D eigenvalue weighted by atomic mass is 10.0. The smallest absolute Gasteiger partial charge is 0.217 e. The molecule has 1 saturated heterocycles. The molecule has 2 unspecified atom stereocenters. The minimum Gasteiger partial charge on any atom is -0.354 e. The zero-order chi connectivity index (χ0) is 17.4. The number of hydrogen-bond donors (Lipinski definition) is 2. The number of nitrogens with zero attached hydrogens (tertiary/aromatic N) is 2. The molecule has 1 amide bonds. The van der Waals surface area contributed by atoms with Crippen molar-refractivity contribution in [3.63, 3.8) is 0 Å². The summed E-state index contributed by atoms with van der Waals surface area (Å²) in [7, 11) is 0. The van der Waals surface area contributed by atoms with Crippen molar-refractivity contribution in [2.75, 3.05) is 18.0 Å². The van der Waals surface area contributed by atoms with Crippen molar-refractivity contribution in [2.24, 2.45) is 5.73 Å². The molecule has 3 N–H and O–H groups in total. The van der Waals surface area contributed by atoms with Crippen LogP contribution < -0.4 is 16.0 Å². The molecule has 0 spiro atoms. The van der Waals surface area contributed by atoms with Gasteiger partial charge in [-0.15, -0.1) is 0 Å². The van der Waals surface area contributed by atoms with E-state index in [1.54, 1.807) is 13.0 Å². The fourth-order valence-electron chi connectivity index (χ4n) is 3.31. The normalized spacial score (nSPS) is 18.9. The number of amides is 1. The molecule has 2 atom stereocenters. The summed E-state index contributed by atoms with van der Waals surface area (Å²) >= 11 is 0. The summed E-state index contributed by atoms with van der Waals surface area (Å²) in [5.41, 5.74) is 8.30. The van der Waals surface area contributed by atoms with Gasteiger partial charge in [-0.3, -0.25) is 4.79 Å². The fraction of sp³-hybridized carbons (Fsp3) is 0.444. The second-order valence-electron chi connectivity index (χ2n) is 6.57. The first-order valence-electron chi connectivity index (χ1n) is 8.24. The number of hydrogen-bond acceptors (Lipinski definition) is 4. The minimum absolute atomic E-state index is 0.0290. The Morgan fingerprint density at radius 1 is 1.50 bits per heavy atom. The van der Waals surface area contributed by atoms with Gasteiger partial charge in [-0.25, -0.2) is 9.37 Å². The van der Waals surface area contributed by atoms with Gasteiger partial charge in [0.25, 0.3) is 0 Å². The highest BCUT2D eigenvalue weighted by molar-refractivity contribution is 5.85. The summed E-state index contributed by atoms with van der Waals surface area (Å²) < 4.78 is 13.9. The third-order valence-electron chi connectivity index (χ3n) is 4.57. The molecule has 0 radical (unpaired) electrons. The molecule has 1 aliphatic rings. The number of anilines is 1. The molecule has 1 aromatic carbocycles. The quantitative estimate of drug-likeness (QED) is 0.907. The maximum absolute atomic E-state index is 13.9. The van der Waals surface area contributed by atoms with Crippen LogP contribution in [-0.2, 0) is 4.79 Å². The third kappa shape index (κ3) is 3.06. The molecule has 128 valence electrons. The lowest BCUT2D eigenvalue weighted by Crippen LogP contribution is -2.36. The summed E-state index contributed by atoms with van der Waals surface area (Å²) in [5, 5.41) is 3.84. The summed E-state index contributed by atoms with van der Waals surface area (Å²) in [6, 6.07) is 5.13. The molecular formula is C18H23FN4O. The monoisotopic (exact) mass is 330 g/mol. The molecule has 1 fully saturated rings. The number of carbonyl (C=O) groups excluding carboxylic acids is 1. The number of rotatable bonds is 3. The Bertz CT molecular complexity index is 790. The van der Waals surface area contributed by atoms with Crippen LogP contribution in [0.25, 0.3) is 10.9 Å². The molecule has 2 heterocycles. The number of nitrogens with one attached hydrogen (secondary N) is 1. The van der Waals surface area contributed by atoms with Crippen molar-refractivity contribution in [2.45, 2.75) is 39.3 Å². The Kier molecular flexibility index (Phi) is 4.41. The molecular weight excluding hydrogens is 307 g/mol. The van der Waals surface area contributed by atoms with Crippen molar-refractivity contribution in [3.8, 4) is 0 Å². The van der Waals surface area contributed by atoms with Gasteiger partial charge in [-0.1, -0.05) is 0 Å². The lowest BCUT2D eigenvalue weighted by Gasteiger charge is -2.23. The molecule has 0 saturated carbocycles. The number of carbonyl (C=O) groups is 1. The van der Waals surface area contributed by atoms with Crippen molar-refractivity contribution >= 4 is 22.6 Å². The van der Waals surface area contributed by atoms with Gasteiger partial charge in [0.05, 0.1) is 5.52 Å². The van der Waals surface area contributed by atoms with Crippen LogP contribution in [0.15, 0.2) is 18.2 Å². The Hall–Kier alpha value is -2.21. The van der Waals surface area contributed by atoms with E-state index in [0.29, 0.717) is 17.6 Å². The van der Waals surface area contributed by atoms with Crippen LogP contribution in [0, 0.1) is 12.7 Å². The summed E-state index contributed by atoms with van der Waals surface area (Å²) in [6.45, 7) is 6.66. The van der Waals surface area contributed by atoms with Crippen LogP contribution in [0.5, 0.6) is 0 Å². The average Bonchev–Trinajstić information content (AvgIpc) is 2.97. The van der Waals surface area contributed by atoms with E-state index in [1.807, 2.05) is 13.0 Å². The Morgan fingerprint density at radius 2 is 2.25 bits per heavy atom. The first kappa shape index (κ1) is 16.6. The molecule has 2 aromatic rings. The second-order valence-corrected chi connectivity index (χ2v) is 6.57. The van der Waals surface area contributed by atoms with Gasteiger partial charge in [0.15, 0.2) is 0 Å². The van der Waals surface area contributed by atoms with Crippen LogP contribution in [0.3, 0.4) is 0 Å². The van der Waals surface area contributed by atoms with Crippen molar-refractivity contribution in [3.05, 3.63) is 35.1 Å². The summed E-state index contributed by atoms with van der Waals surface area (Å²) in [5.74, 6) is 0.504. The SMILES string of the molecule is CC(=O)NC1CCN(c2nc3c(C)c(F)ccc3cc2C(C)N)C1. The molecule has 1 aliphatic heterocycles. The predicted octanol–water partition coefficient (Wildman–Crippen LogP) is 2.42. The van der Waals surface area contributed by atoms with E-state index in [4.69, 9.17) is 10.7 Å². The highest BCUT2D eigenvalue weighted by atomic mass is 19.1. The van der Waals surface area contributed by atoms with Gasteiger partial charge in [0, 0.05) is 48.6 Å². The number of pyridine rings is 1. The number of aryl methyl sites for hydroxylation is 1.